The van der Waals surface area contributed by atoms with Crippen molar-refractivity contribution in [1.29, 1.82) is 0 Å². The van der Waals surface area contributed by atoms with Crippen LogP contribution in [0.2, 0.25) is 0 Å². The highest BCUT2D eigenvalue weighted by molar-refractivity contribution is 5.67. The highest BCUT2D eigenvalue weighted by Crippen LogP contribution is 2.23. The molecule has 0 N–H and O–H groups in total. The van der Waals surface area contributed by atoms with Gasteiger partial charge in [-0.1, -0.05) is 30.3 Å². The van der Waals surface area contributed by atoms with Crippen LogP contribution in [0.1, 0.15) is 24.8 Å². The van der Waals surface area contributed by atoms with E-state index in [1.54, 1.807) is 19.1 Å². The van der Waals surface area contributed by atoms with Crippen molar-refractivity contribution in [2.75, 3.05) is 27.3 Å². The largest absolute Gasteiger partial charge is 0.445 e. The van der Waals surface area contributed by atoms with Crippen molar-refractivity contribution in [3.05, 3.63) is 35.9 Å². The number of methoxy groups -OCH3 is 2. The molecular formula is C17H25NO4. The number of hydrogen-bond acceptors (Lipinski definition) is 4. The monoisotopic (exact) mass is 307 g/mol. The number of carbonyl (C=O) groups excluding carboxylic acids is 1. The van der Waals surface area contributed by atoms with Crippen LogP contribution in [0.25, 0.3) is 0 Å². The molecule has 122 valence electrons. The third-order valence-corrected chi connectivity index (χ3v) is 4.09. The normalized spacial score (nSPS) is 19.0. The van der Waals surface area contributed by atoms with Crippen molar-refractivity contribution in [3.8, 4) is 0 Å². The van der Waals surface area contributed by atoms with E-state index < -0.39 is 0 Å². The highest BCUT2D eigenvalue weighted by atomic mass is 16.7. The van der Waals surface area contributed by atoms with Gasteiger partial charge in [0.25, 0.3) is 0 Å². The minimum absolute atomic E-state index is 0.194. The van der Waals surface area contributed by atoms with Crippen LogP contribution in [0.3, 0.4) is 0 Å². The lowest BCUT2D eigenvalue weighted by molar-refractivity contribution is -0.139. The summed E-state index contributed by atoms with van der Waals surface area (Å²) in [5.41, 5.74) is 1.00. The number of nitrogens with zero attached hydrogens (tertiary/aromatic N) is 1. The minimum Gasteiger partial charge on any atom is -0.445 e. The lowest BCUT2D eigenvalue weighted by atomic mass is 10.0. The van der Waals surface area contributed by atoms with E-state index in [9.17, 15) is 4.79 Å². The standard InChI is InChI=1S/C17H25NO4/c1-20-16(21-2)15-9-6-11-18(12-10-15)17(19)22-13-14-7-4-3-5-8-14/h3-5,7-8,15-16H,6,9-13H2,1-2H3. The fourth-order valence-corrected chi connectivity index (χ4v) is 2.87. The van der Waals surface area contributed by atoms with Crippen LogP contribution in [0.4, 0.5) is 4.79 Å². The molecule has 2 rings (SSSR count). The number of benzene rings is 1. The van der Waals surface area contributed by atoms with Crippen LogP contribution in [0, 0.1) is 5.92 Å². The lowest BCUT2D eigenvalue weighted by Crippen LogP contribution is -2.33. The molecular weight excluding hydrogens is 282 g/mol. The summed E-state index contributed by atoms with van der Waals surface area (Å²) in [4.78, 5) is 14.0. The summed E-state index contributed by atoms with van der Waals surface area (Å²) in [6.07, 6.45) is 2.37. The summed E-state index contributed by atoms with van der Waals surface area (Å²) in [7, 11) is 3.32. The first-order chi connectivity index (χ1) is 10.7. The summed E-state index contributed by atoms with van der Waals surface area (Å²) in [6, 6.07) is 9.73. The molecule has 1 unspecified atom stereocenters. The molecule has 0 bridgehead atoms. The Kier molecular flexibility index (Phi) is 6.68. The van der Waals surface area contributed by atoms with E-state index in [1.165, 1.54) is 0 Å². The van der Waals surface area contributed by atoms with Crippen molar-refractivity contribution in [2.24, 2.45) is 5.92 Å². The third kappa shape index (κ3) is 4.71. The number of ether oxygens (including phenoxy) is 3. The summed E-state index contributed by atoms with van der Waals surface area (Å²) >= 11 is 0. The molecule has 0 aliphatic carbocycles. The van der Waals surface area contributed by atoms with E-state index in [-0.39, 0.29) is 12.4 Å². The van der Waals surface area contributed by atoms with E-state index in [0.717, 1.165) is 31.4 Å². The maximum absolute atomic E-state index is 12.2. The molecule has 1 atom stereocenters. The van der Waals surface area contributed by atoms with E-state index >= 15 is 0 Å². The summed E-state index contributed by atoms with van der Waals surface area (Å²) in [6.45, 7) is 1.73. The Hall–Kier alpha value is -1.59. The van der Waals surface area contributed by atoms with Crippen molar-refractivity contribution >= 4 is 6.09 Å². The Labute approximate surface area is 132 Å². The molecule has 1 heterocycles. The van der Waals surface area contributed by atoms with Crippen molar-refractivity contribution in [2.45, 2.75) is 32.2 Å². The Bertz CT molecular complexity index is 447. The van der Waals surface area contributed by atoms with Gasteiger partial charge in [0.15, 0.2) is 6.29 Å². The first-order valence-electron chi connectivity index (χ1n) is 7.75. The molecule has 5 heteroatoms. The minimum atomic E-state index is -0.240. The number of likely N-dealkylation sites (tertiary alicyclic amines) is 1. The zero-order valence-corrected chi connectivity index (χ0v) is 13.4. The average molecular weight is 307 g/mol. The van der Waals surface area contributed by atoms with Gasteiger partial charge in [0.1, 0.15) is 6.61 Å². The van der Waals surface area contributed by atoms with Crippen molar-refractivity contribution in [1.82, 2.24) is 4.90 Å². The van der Waals surface area contributed by atoms with Gasteiger partial charge in [-0.2, -0.15) is 0 Å². The van der Waals surface area contributed by atoms with E-state index in [2.05, 4.69) is 0 Å². The van der Waals surface area contributed by atoms with Gasteiger partial charge in [-0.05, 0) is 24.8 Å². The molecule has 1 aliphatic rings. The van der Waals surface area contributed by atoms with Crippen LogP contribution < -0.4 is 0 Å². The molecule has 1 amide bonds. The van der Waals surface area contributed by atoms with E-state index in [1.807, 2.05) is 30.3 Å². The molecule has 1 aliphatic heterocycles. The predicted molar refractivity (Wildman–Crippen MR) is 83.3 cm³/mol. The van der Waals surface area contributed by atoms with Gasteiger partial charge in [0.05, 0.1) is 0 Å². The molecule has 0 aromatic heterocycles. The number of hydrogen-bond donors (Lipinski definition) is 0. The highest BCUT2D eigenvalue weighted by Gasteiger charge is 2.26. The molecule has 0 spiro atoms. The first kappa shape index (κ1) is 16.8. The topological polar surface area (TPSA) is 48.0 Å². The van der Waals surface area contributed by atoms with Crippen LogP contribution in [0.5, 0.6) is 0 Å². The zero-order chi connectivity index (χ0) is 15.8. The molecule has 1 fully saturated rings. The Balaban J connectivity index is 1.81. The van der Waals surface area contributed by atoms with Crippen molar-refractivity contribution in [3.63, 3.8) is 0 Å². The second-order valence-electron chi connectivity index (χ2n) is 5.56. The SMILES string of the molecule is COC(OC)C1CCCN(C(=O)OCc2ccccc2)CC1. The number of amides is 1. The second kappa shape index (κ2) is 8.76. The molecule has 1 saturated heterocycles. The summed E-state index contributed by atoms with van der Waals surface area (Å²) in [5, 5.41) is 0. The predicted octanol–water partition coefficient (Wildman–Crippen LogP) is 3.04. The Morgan fingerprint density at radius 2 is 1.91 bits per heavy atom. The van der Waals surface area contributed by atoms with Crippen molar-refractivity contribution < 1.29 is 19.0 Å². The molecule has 0 saturated carbocycles. The summed E-state index contributed by atoms with van der Waals surface area (Å²) in [5.74, 6) is 0.321. The fraction of sp³-hybridized carbons (Fsp3) is 0.588. The molecule has 1 aromatic rings. The van der Waals surface area contributed by atoms with Gasteiger partial charge in [0, 0.05) is 33.2 Å². The Morgan fingerprint density at radius 3 is 2.59 bits per heavy atom. The van der Waals surface area contributed by atoms with Crippen LogP contribution in [0.15, 0.2) is 30.3 Å². The van der Waals surface area contributed by atoms with Gasteiger partial charge >= 0.3 is 6.09 Å². The van der Waals surface area contributed by atoms with E-state index in [0.29, 0.717) is 19.1 Å². The number of carbonyl (C=O) groups is 1. The smallest absolute Gasteiger partial charge is 0.410 e. The van der Waals surface area contributed by atoms with Crippen LogP contribution in [-0.4, -0.2) is 44.6 Å². The van der Waals surface area contributed by atoms with Gasteiger partial charge in [0.2, 0.25) is 0 Å². The second-order valence-corrected chi connectivity index (χ2v) is 5.56. The quantitative estimate of drug-likeness (QED) is 0.785. The molecule has 0 radical (unpaired) electrons. The molecule has 5 nitrogen and oxygen atoms in total. The van der Waals surface area contributed by atoms with E-state index in [4.69, 9.17) is 14.2 Å². The van der Waals surface area contributed by atoms with Gasteiger partial charge in [-0.25, -0.2) is 4.79 Å². The van der Waals surface area contributed by atoms with Crippen LogP contribution in [-0.2, 0) is 20.8 Å². The maximum atomic E-state index is 12.2. The molecule has 1 aromatic carbocycles. The van der Waals surface area contributed by atoms with Gasteiger partial charge in [-0.3, -0.25) is 0 Å². The summed E-state index contributed by atoms with van der Waals surface area (Å²) < 4.78 is 16.1. The maximum Gasteiger partial charge on any atom is 0.410 e. The zero-order valence-electron chi connectivity index (χ0n) is 13.4. The first-order valence-corrected chi connectivity index (χ1v) is 7.75. The van der Waals surface area contributed by atoms with Crippen LogP contribution >= 0.6 is 0 Å². The number of rotatable bonds is 5. The fourth-order valence-electron chi connectivity index (χ4n) is 2.87. The Morgan fingerprint density at radius 1 is 1.18 bits per heavy atom. The average Bonchev–Trinajstić information content (AvgIpc) is 2.81. The molecule has 22 heavy (non-hydrogen) atoms. The lowest BCUT2D eigenvalue weighted by Gasteiger charge is -2.23. The van der Waals surface area contributed by atoms with Gasteiger partial charge < -0.3 is 19.1 Å². The van der Waals surface area contributed by atoms with Gasteiger partial charge in [-0.15, -0.1) is 0 Å². The third-order valence-electron chi connectivity index (χ3n) is 4.09.